The maximum atomic E-state index is 13.6. The van der Waals surface area contributed by atoms with Crippen LogP contribution in [0.15, 0.2) is 12.1 Å². The van der Waals surface area contributed by atoms with E-state index in [0.717, 1.165) is 12.1 Å². The lowest BCUT2D eigenvalue weighted by molar-refractivity contribution is -0.387. The zero-order valence-electron chi connectivity index (χ0n) is 9.81. The fraction of sp³-hybridized carbons (Fsp3) is 0.364. The van der Waals surface area contributed by atoms with Gasteiger partial charge in [0.15, 0.2) is 0 Å². The number of hydrogen-bond donors (Lipinski definition) is 1. The van der Waals surface area contributed by atoms with Crippen LogP contribution in [-0.2, 0) is 4.79 Å². The highest BCUT2D eigenvalue weighted by Gasteiger charge is 2.32. The summed E-state index contributed by atoms with van der Waals surface area (Å²) >= 11 is 3.29. The molecule has 1 unspecified atom stereocenters. The molecule has 0 aliphatic carbocycles. The van der Waals surface area contributed by atoms with Gasteiger partial charge in [-0.25, -0.2) is 0 Å². The summed E-state index contributed by atoms with van der Waals surface area (Å²) in [4.78, 5) is 22.9. The molecule has 8 heteroatoms. The van der Waals surface area contributed by atoms with E-state index in [0.29, 0.717) is 18.3 Å². The minimum absolute atomic E-state index is 0.0247. The molecule has 1 aliphatic heterocycles. The van der Waals surface area contributed by atoms with Crippen molar-refractivity contribution in [2.45, 2.75) is 6.42 Å². The molecule has 0 saturated carbocycles. The number of nitrogens with two attached hydrogens (primary N) is 1. The van der Waals surface area contributed by atoms with Gasteiger partial charge in [0.25, 0.3) is 0 Å². The van der Waals surface area contributed by atoms with Crippen LogP contribution in [0.4, 0.5) is 21.5 Å². The molecular formula is C11H11BrFN3O3. The number of carbonyl (C=O) groups excluding carboxylic acids is 1. The topological polar surface area (TPSA) is 89.5 Å². The van der Waals surface area contributed by atoms with Crippen LogP contribution >= 0.6 is 15.9 Å². The van der Waals surface area contributed by atoms with Crippen LogP contribution in [0.5, 0.6) is 0 Å². The minimum atomic E-state index is -0.996. The number of nitrogens with zero attached hydrogens (tertiary/aromatic N) is 2. The van der Waals surface area contributed by atoms with E-state index in [-0.39, 0.29) is 23.2 Å². The molecule has 6 nitrogen and oxygen atoms in total. The molecule has 2 N–H and O–H groups in total. The fourth-order valence-corrected chi connectivity index (χ4v) is 2.49. The van der Waals surface area contributed by atoms with E-state index in [2.05, 4.69) is 15.9 Å². The monoisotopic (exact) mass is 331 g/mol. The summed E-state index contributed by atoms with van der Waals surface area (Å²) in [6.45, 7) is 0.422. The SMILES string of the molecule is Nc1cc([N+](=O)[O-])c(F)cc1N1CC(CBr)CC1=O. The van der Waals surface area contributed by atoms with Crippen molar-refractivity contribution in [3.63, 3.8) is 0 Å². The lowest BCUT2D eigenvalue weighted by Crippen LogP contribution is -2.25. The van der Waals surface area contributed by atoms with Crippen molar-refractivity contribution in [3.8, 4) is 0 Å². The van der Waals surface area contributed by atoms with Gasteiger partial charge >= 0.3 is 5.69 Å². The predicted octanol–water partition coefficient (Wildman–Crippen LogP) is 2.06. The Kier molecular flexibility index (Phi) is 3.70. The molecule has 1 aromatic carbocycles. The number of hydrogen-bond acceptors (Lipinski definition) is 4. The number of amides is 1. The third-order valence-electron chi connectivity index (χ3n) is 3.01. The lowest BCUT2D eigenvalue weighted by atomic mass is 10.1. The number of alkyl halides is 1. The smallest absolute Gasteiger partial charge is 0.306 e. The normalized spacial score (nSPS) is 18.9. The summed E-state index contributed by atoms with van der Waals surface area (Å²) in [5.41, 5.74) is 5.21. The van der Waals surface area contributed by atoms with Crippen molar-refractivity contribution >= 4 is 38.9 Å². The van der Waals surface area contributed by atoms with E-state index in [1.165, 1.54) is 4.90 Å². The number of carbonyl (C=O) groups is 1. The van der Waals surface area contributed by atoms with Gasteiger partial charge in [0.05, 0.1) is 16.3 Å². The number of halogens is 2. The Morgan fingerprint density at radius 3 is 2.79 bits per heavy atom. The number of anilines is 2. The summed E-state index contributed by atoms with van der Waals surface area (Å²) in [7, 11) is 0. The van der Waals surface area contributed by atoms with Crippen LogP contribution in [-0.4, -0.2) is 22.7 Å². The Balaban J connectivity index is 2.39. The number of nitro groups is 1. The van der Waals surface area contributed by atoms with E-state index in [9.17, 15) is 19.3 Å². The molecule has 1 aliphatic rings. The van der Waals surface area contributed by atoms with Crippen LogP contribution in [0, 0.1) is 21.8 Å². The van der Waals surface area contributed by atoms with E-state index in [4.69, 9.17) is 5.73 Å². The van der Waals surface area contributed by atoms with Gasteiger partial charge < -0.3 is 10.6 Å². The number of benzene rings is 1. The summed E-state index contributed by atoms with van der Waals surface area (Å²) in [5, 5.41) is 11.2. The lowest BCUT2D eigenvalue weighted by Gasteiger charge is -2.18. The average molecular weight is 332 g/mol. The molecule has 0 bridgehead atoms. The highest BCUT2D eigenvalue weighted by atomic mass is 79.9. The van der Waals surface area contributed by atoms with Gasteiger partial charge in [-0.3, -0.25) is 14.9 Å². The van der Waals surface area contributed by atoms with E-state index in [1.807, 2.05) is 0 Å². The van der Waals surface area contributed by atoms with Crippen LogP contribution < -0.4 is 10.6 Å². The fourth-order valence-electron chi connectivity index (χ4n) is 2.06. The summed E-state index contributed by atoms with van der Waals surface area (Å²) in [5.74, 6) is -1.03. The van der Waals surface area contributed by atoms with Crippen molar-refractivity contribution in [2.24, 2.45) is 5.92 Å². The quantitative estimate of drug-likeness (QED) is 0.397. The first-order valence-electron chi connectivity index (χ1n) is 5.53. The molecule has 1 atom stereocenters. The zero-order valence-corrected chi connectivity index (χ0v) is 11.4. The highest BCUT2D eigenvalue weighted by molar-refractivity contribution is 9.09. The maximum Gasteiger partial charge on any atom is 0.306 e. The second kappa shape index (κ2) is 5.12. The van der Waals surface area contributed by atoms with Gasteiger partial charge in [-0.2, -0.15) is 4.39 Å². The van der Waals surface area contributed by atoms with Crippen molar-refractivity contribution in [3.05, 3.63) is 28.1 Å². The van der Waals surface area contributed by atoms with Crippen LogP contribution in [0.25, 0.3) is 0 Å². The Hall–Kier alpha value is -1.70. The van der Waals surface area contributed by atoms with E-state index in [1.54, 1.807) is 0 Å². The van der Waals surface area contributed by atoms with Crippen molar-refractivity contribution in [1.29, 1.82) is 0 Å². The molecule has 1 saturated heterocycles. The first-order chi connectivity index (χ1) is 8.93. The number of nitro benzene ring substituents is 1. The molecule has 1 fully saturated rings. The van der Waals surface area contributed by atoms with Crippen molar-refractivity contribution in [1.82, 2.24) is 0 Å². The van der Waals surface area contributed by atoms with Crippen LogP contribution in [0.1, 0.15) is 6.42 Å². The zero-order chi connectivity index (χ0) is 14.2. The van der Waals surface area contributed by atoms with Gasteiger partial charge in [0, 0.05) is 30.4 Å². The largest absolute Gasteiger partial charge is 0.397 e. The maximum absolute atomic E-state index is 13.6. The average Bonchev–Trinajstić information content (AvgIpc) is 2.72. The second-order valence-electron chi connectivity index (χ2n) is 4.35. The van der Waals surface area contributed by atoms with Crippen molar-refractivity contribution < 1.29 is 14.1 Å². The van der Waals surface area contributed by atoms with Crippen molar-refractivity contribution in [2.75, 3.05) is 22.5 Å². The summed E-state index contributed by atoms with van der Waals surface area (Å²) in [6.07, 6.45) is 0.350. The van der Waals surface area contributed by atoms with Gasteiger partial charge in [-0.05, 0) is 5.92 Å². The molecule has 0 spiro atoms. The molecule has 2 rings (SSSR count). The van der Waals surface area contributed by atoms with E-state index >= 15 is 0 Å². The Bertz CT molecular complexity index is 552. The second-order valence-corrected chi connectivity index (χ2v) is 5.00. The summed E-state index contributed by atoms with van der Waals surface area (Å²) < 4.78 is 13.6. The third-order valence-corrected chi connectivity index (χ3v) is 3.92. The Labute approximate surface area is 116 Å². The standard InChI is InChI=1S/C11H11BrFN3O3/c12-4-6-1-11(17)15(5-6)10-2-7(13)9(16(18)19)3-8(10)14/h2-3,6H,1,4-5,14H2. The van der Waals surface area contributed by atoms with Gasteiger partial charge in [-0.15, -0.1) is 0 Å². The first-order valence-corrected chi connectivity index (χ1v) is 6.66. The van der Waals surface area contributed by atoms with Gasteiger partial charge in [-0.1, -0.05) is 15.9 Å². The van der Waals surface area contributed by atoms with Gasteiger partial charge in [0.2, 0.25) is 11.7 Å². The minimum Gasteiger partial charge on any atom is -0.397 e. The van der Waals surface area contributed by atoms with E-state index < -0.39 is 16.4 Å². The Morgan fingerprint density at radius 2 is 2.26 bits per heavy atom. The number of nitrogen functional groups attached to an aromatic ring is 1. The molecule has 1 heterocycles. The first kappa shape index (κ1) is 13.7. The Morgan fingerprint density at radius 1 is 1.58 bits per heavy atom. The molecule has 1 aromatic rings. The van der Waals surface area contributed by atoms with Gasteiger partial charge in [0.1, 0.15) is 0 Å². The predicted molar refractivity (Wildman–Crippen MR) is 71.7 cm³/mol. The molecular weight excluding hydrogens is 321 g/mol. The molecule has 19 heavy (non-hydrogen) atoms. The molecule has 0 radical (unpaired) electrons. The van der Waals surface area contributed by atoms with Crippen LogP contribution in [0.2, 0.25) is 0 Å². The molecule has 102 valence electrons. The highest BCUT2D eigenvalue weighted by Crippen LogP contribution is 2.34. The third kappa shape index (κ3) is 2.53. The molecule has 0 aromatic heterocycles. The van der Waals surface area contributed by atoms with Crippen LogP contribution in [0.3, 0.4) is 0 Å². The summed E-state index contributed by atoms with van der Waals surface area (Å²) in [6, 6.07) is 1.89. The number of rotatable bonds is 3. The molecule has 1 amide bonds.